The van der Waals surface area contributed by atoms with Crippen LogP contribution < -0.4 is 5.32 Å². The Balaban J connectivity index is 1.89. The molecule has 2 fully saturated rings. The minimum absolute atomic E-state index is 0.163. The number of hydrogen-bond donors (Lipinski definition) is 2. The SMILES string of the molecule is CC(O)C1CCCN(C(=O)C2CCCNC2)C1. The average molecular weight is 240 g/mol. The van der Waals surface area contributed by atoms with Gasteiger partial charge in [0.25, 0.3) is 0 Å². The van der Waals surface area contributed by atoms with Gasteiger partial charge in [-0.2, -0.15) is 0 Å². The summed E-state index contributed by atoms with van der Waals surface area (Å²) in [4.78, 5) is 14.3. The van der Waals surface area contributed by atoms with Crippen LogP contribution in [0, 0.1) is 11.8 Å². The predicted molar refractivity (Wildman–Crippen MR) is 66.6 cm³/mol. The summed E-state index contributed by atoms with van der Waals surface area (Å²) < 4.78 is 0. The van der Waals surface area contributed by atoms with Crippen molar-refractivity contribution >= 4 is 5.91 Å². The van der Waals surface area contributed by atoms with Gasteiger partial charge in [-0.05, 0) is 39.2 Å². The summed E-state index contributed by atoms with van der Waals surface area (Å²) in [5.41, 5.74) is 0. The summed E-state index contributed by atoms with van der Waals surface area (Å²) in [6.45, 7) is 5.32. The number of nitrogens with one attached hydrogen (secondary N) is 1. The molecule has 98 valence electrons. The number of nitrogens with zero attached hydrogens (tertiary/aromatic N) is 1. The smallest absolute Gasteiger partial charge is 0.226 e. The zero-order valence-electron chi connectivity index (χ0n) is 10.7. The lowest BCUT2D eigenvalue weighted by molar-refractivity contribution is -0.138. The van der Waals surface area contributed by atoms with Crippen molar-refractivity contribution in [2.45, 2.75) is 38.7 Å². The Morgan fingerprint density at radius 1 is 1.41 bits per heavy atom. The Morgan fingerprint density at radius 3 is 2.88 bits per heavy atom. The molecule has 3 atom stereocenters. The van der Waals surface area contributed by atoms with Crippen LogP contribution in [-0.2, 0) is 4.79 Å². The van der Waals surface area contributed by atoms with Crippen molar-refractivity contribution < 1.29 is 9.90 Å². The van der Waals surface area contributed by atoms with E-state index in [4.69, 9.17) is 0 Å². The Bertz CT molecular complexity index is 262. The molecule has 0 aromatic carbocycles. The van der Waals surface area contributed by atoms with Gasteiger partial charge in [0.2, 0.25) is 5.91 Å². The van der Waals surface area contributed by atoms with Crippen LogP contribution in [0.5, 0.6) is 0 Å². The maximum absolute atomic E-state index is 12.3. The number of piperidine rings is 2. The molecule has 1 amide bonds. The fraction of sp³-hybridized carbons (Fsp3) is 0.923. The van der Waals surface area contributed by atoms with E-state index < -0.39 is 0 Å². The summed E-state index contributed by atoms with van der Waals surface area (Å²) >= 11 is 0. The van der Waals surface area contributed by atoms with Crippen LogP contribution in [-0.4, -0.2) is 48.2 Å². The number of hydrogen-bond acceptors (Lipinski definition) is 3. The molecule has 0 spiro atoms. The lowest BCUT2D eigenvalue weighted by atomic mass is 9.91. The molecule has 2 rings (SSSR count). The van der Waals surface area contributed by atoms with Crippen molar-refractivity contribution in [1.29, 1.82) is 0 Å². The predicted octanol–water partition coefficient (Wildman–Crippen LogP) is 0.605. The van der Waals surface area contributed by atoms with Gasteiger partial charge in [-0.25, -0.2) is 0 Å². The second kappa shape index (κ2) is 5.83. The number of carbonyl (C=O) groups is 1. The van der Waals surface area contributed by atoms with Crippen molar-refractivity contribution in [1.82, 2.24) is 10.2 Å². The summed E-state index contributed by atoms with van der Waals surface area (Å²) in [6.07, 6.45) is 3.90. The second-order valence-electron chi connectivity index (χ2n) is 5.47. The standard InChI is InChI=1S/C13H24N2O2/c1-10(16)12-5-3-7-15(9-12)13(17)11-4-2-6-14-8-11/h10-12,14,16H,2-9H2,1H3. The highest BCUT2D eigenvalue weighted by atomic mass is 16.3. The van der Waals surface area contributed by atoms with Crippen molar-refractivity contribution in [3.8, 4) is 0 Å². The molecule has 2 aliphatic rings. The monoisotopic (exact) mass is 240 g/mol. The number of rotatable bonds is 2. The molecular weight excluding hydrogens is 216 g/mol. The summed E-state index contributed by atoms with van der Waals surface area (Å²) in [5, 5.41) is 12.9. The largest absolute Gasteiger partial charge is 0.393 e. The minimum atomic E-state index is -0.296. The van der Waals surface area contributed by atoms with Crippen LogP contribution in [0.4, 0.5) is 0 Å². The van der Waals surface area contributed by atoms with Crippen molar-refractivity contribution in [2.75, 3.05) is 26.2 Å². The molecule has 2 saturated heterocycles. The molecular formula is C13H24N2O2. The van der Waals surface area contributed by atoms with Crippen LogP contribution in [0.3, 0.4) is 0 Å². The minimum Gasteiger partial charge on any atom is -0.393 e. The van der Waals surface area contributed by atoms with Gasteiger partial charge < -0.3 is 15.3 Å². The Kier molecular flexibility index (Phi) is 4.40. The fourth-order valence-electron chi connectivity index (χ4n) is 2.92. The first-order valence-corrected chi connectivity index (χ1v) is 6.86. The number of likely N-dealkylation sites (tertiary alicyclic amines) is 1. The quantitative estimate of drug-likeness (QED) is 0.743. The second-order valence-corrected chi connectivity index (χ2v) is 5.47. The summed E-state index contributed by atoms with van der Waals surface area (Å²) in [7, 11) is 0. The normalized spacial score (nSPS) is 32.2. The lowest BCUT2D eigenvalue weighted by Gasteiger charge is -2.37. The van der Waals surface area contributed by atoms with Crippen LogP contribution in [0.2, 0.25) is 0 Å². The number of aliphatic hydroxyl groups excluding tert-OH is 1. The van der Waals surface area contributed by atoms with E-state index in [1.807, 2.05) is 11.8 Å². The number of amides is 1. The zero-order chi connectivity index (χ0) is 12.3. The van der Waals surface area contributed by atoms with E-state index in [0.717, 1.165) is 51.9 Å². The van der Waals surface area contributed by atoms with Crippen molar-refractivity contribution in [2.24, 2.45) is 11.8 Å². The maximum Gasteiger partial charge on any atom is 0.226 e. The van der Waals surface area contributed by atoms with E-state index >= 15 is 0 Å². The lowest BCUT2D eigenvalue weighted by Crippen LogP contribution is -2.48. The third-order valence-electron chi connectivity index (χ3n) is 4.10. The van der Waals surface area contributed by atoms with Gasteiger partial charge in [-0.3, -0.25) is 4.79 Å². The number of aliphatic hydroxyl groups is 1. The van der Waals surface area contributed by atoms with E-state index in [9.17, 15) is 9.90 Å². The molecule has 0 bridgehead atoms. The first kappa shape index (κ1) is 12.8. The van der Waals surface area contributed by atoms with Crippen LogP contribution in [0.15, 0.2) is 0 Å². The van der Waals surface area contributed by atoms with Crippen LogP contribution >= 0.6 is 0 Å². The van der Waals surface area contributed by atoms with E-state index in [-0.39, 0.29) is 17.9 Å². The van der Waals surface area contributed by atoms with Gasteiger partial charge in [0.05, 0.1) is 12.0 Å². The average Bonchev–Trinajstić information content (AvgIpc) is 2.39. The molecule has 0 radical (unpaired) electrons. The first-order valence-electron chi connectivity index (χ1n) is 6.86. The first-order chi connectivity index (χ1) is 8.18. The Hall–Kier alpha value is -0.610. The molecule has 0 aromatic rings. The third-order valence-corrected chi connectivity index (χ3v) is 4.10. The molecule has 2 aliphatic heterocycles. The molecule has 4 heteroatoms. The van der Waals surface area contributed by atoms with Crippen LogP contribution in [0.1, 0.15) is 32.6 Å². The third kappa shape index (κ3) is 3.19. The van der Waals surface area contributed by atoms with Gasteiger partial charge in [0.15, 0.2) is 0 Å². The van der Waals surface area contributed by atoms with E-state index in [1.54, 1.807) is 0 Å². The zero-order valence-corrected chi connectivity index (χ0v) is 10.7. The maximum atomic E-state index is 12.3. The van der Waals surface area contributed by atoms with Crippen LogP contribution in [0.25, 0.3) is 0 Å². The van der Waals surface area contributed by atoms with Crippen molar-refractivity contribution in [3.63, 3.8) is 0 Å². The summed E-state index contributed by atoms with van der Waals surface area (Å²) in [5.74, 6) is 0.725. The van der Waals surface area contributed by atoms with Gasteiger partial charge in [0.1, 0.15) is 0 Å². The summed E-state index contributed by atoms with van der Waals surface area (Å²) in [6, 6.07) is 0. The molecule has 2 heterocycles. The van der Waals surface area contributed by atoms with Gasteiger partial charge in [-0.1, -0.05) is 0 Å². The number of carbonyl (C=O) groups excluding carboxylic acids is 1. The van der Waals surface area contributed by atoms with E-state index in [0.29, 0.717) is 5.91 Å². The molecule has 17 heavy (non-hydrogen) atoms. The Morgan fingerprint density at radius 2 is 2.24 bits per heavy atom. The molecule has 0 saturated carbocycles. The highest BCUT2D eigenvalue weighted by Crippen LogP contribution is 2.22. The molecule has 0 aromatic heterocycles. The molecule has 0 aliphatic carbocycles. The molecule has 3 unspecified atom stereocenters. The molecule has 2 N–H and O–H groups in total. The highest BCUT2D eigenvalue weighted by Gasteiger charge is 2.30. The Labute approximate surface area is 103 Å². The fourth-order valence-corrected chi connectivity index (χ4v) is 2.92. The van der Waals surface area contributed by atoms with E-state index in [1.165, 1.54) is 0 Å². The van der Waals surface area contributed by atoms with Gasteiger partial charge in [0, 0.05) is 25.6 Å². The van der Waals surface area contributed by atoms with Gasteiger partial charge in [-0.15, -0.1) is 0 Å². The van der Waals surface area contributed by atoms with Crippen molar-refractivity contribution in [3.05, 3.63) is 0 Å². The molecule has 4 nitrogen and oxygen atoms in total. The van der Waals surface area contributed by atoms with Gasteiger partial charge >= 0.3 is 0 Å². The van der Waals surface area contributed by atoms with E-state index in [2.05, 4.69) is 5.32 Å². The topological polar surface area (TPSA) is 52.6 Å². The highest BCUT2D eigenvalue weighted by molar-refractivity contribution is 5.79.